The van der Waals surface area contributed by atoms with Crippen LogP contribution in [-0.2, 0) is 19.2 Å². The van der Waals surface area contributed by atoms with Crippen LogP contribution >= 0.6 is 0 Å². The van der Waals surface area contributed by atoms with Crippen LogP contribution in [-0.4, -0.2) is 55.9 Å². The second-order valence-corrected chi connectivity index (χ2v) is 6.66. The first-order chi connectivity index (χ1) is 15.2. The number of ether oxygens (including phenoxy) is 1. The number of carbonyl (C=O) groups is 4. The van der Waals surface area contributed by atoms with Crippen molar-refractivity contribution in [1.29, 1.82) is 0 Å². The van der Waals surface area contributed by atoms with Crippen molar-refractivity contribution < 1.29 is 48.8 Å². The Morgan fingerprint density at radius 2 is 1.79 bits per heavy atom. The van der Waals surface area contributed by atoms with Gasteiger partial charge in [0.25, 0.3) is 0 Å². The van der Waals surface area contributed by atoms with Gasteiger partial charge < -0.3 is 29.6 Å². The van der Waals surface area contributed by atoms with Gasteiger partial charge in [-0.1, -0.05) is 0 Å². The molecule has 1 rings (SSSR count). The molecule has 0 radical (unpaired) electrons. The monoisotopic (exact) mass is 466 g/mol. The van der Waals surface area contributed by atoms with Crippen LogP contribution in [0.15, 0.2) is 43.5 Å². The van der Waals surface area contributed by atoms with Gasteiger partial charge in [-0.3, -0.25) is 9.59 Å². The molecule has 0 aliphatic heterocycles. The fraction of sp³-hybridized carbons (Fsp3) is 0.300. The van der Waals surface area contributed by atoms with Crippen molar-refractivity contribution >= 4 is 29.3 Å². The van der Waals surface area contributed by atoms with Crippen molar-refractivity contribution in [2.24, 2.45) is 5.10 Å². The number of nitrogens with one attached hydrogen (secondary N) is 1. The zero-order chi connectivity index (χ0) is 25.5. The molecule has 0 fully saturated rings. The van der Waals surface area contributed by atoms with Crippen LogP contribution in [0.25, 0.3) is 0 Å². The van der Waals surface area contributed by atoms with Crippen molar-refractivity contribution in [1.82, 2.24) is 5.43 Å². The van der Waals surface area contributed by atoms with Gasteiger partial charge in [-0.25, -0.2) is 19.8 Å². The first kappa shape index (κ1) is 26.8. The summed E-state index contributed by atoms with van der Waals surface area (Å²) >= 11 is 0. The molecule has 1 aromatic rings. The molecule has 0 aliphatic carbocycles. The van der Waals surface area contributed by atoms with Gasteiger partial charge in [-0.05, 0) is 27.7 Å². The lowest BCUT2D eigenvalue weighted by Gasteiger charge is -2.12. The molecule has 1 amide bonds. The molecule has 1 atom stereocenters. The van der Waals surface area contributed by atoms with E-state index in [9.17, 15) is 39.3 Å². The number of hydrogen-bond acceptors (Lipinski definition) is 11. The van der Waals surface area contributed by atoms with E-state index in [2.05, 4.69) is 5.10 Å². The summed E-state index contributed by atoms with van der Waals surface area (Å²) in [6.07, 6.45) is -2.11. The molecular weight excluding hydrogens is 444 g/mol. The number of aliphatic hydroxyl groups excluding tert-OH is 3. The minimum Gasteiger partial charge on any atom is -0.512 e. The van der Waals surface area contributed by atoms with E-state index in [-0.39, 0.29) is 11.5 Å². The van der Waals surface area contributed by atoms with E-state index < -0.39 is 70.2 Å². The lowest BCUT2D eigenvalue weighted by Crippen LogP contribution is -2.29. The molecule has 13 nitrogen and oxygen atoms in total. The van der Waals surface area contributed by atoms with Crippen LogP contribution in [0, 0.1) is 6.92 Å². The van der Waals surface area contributed by atoms with Crippen molar-refractivity contribution in [3.05, 3.63) is 51.0 Å². The van der Waals surface area contributed by atoms with Gasteiger partial charge in [0.1, 0.15) is 28.4 Å². The summed E-state index contributed by atoms with van der Waals surface area (Å²) in [5.74, 6) is -6.49. The number of esters is 1. The molecule has 1 aromatic heterocycles. The number of carbonyl (C=O) groups excluding carboxylic acids is 3. The zero-order valence-corrected chi connectivity index (χ0v) is 18.0. The van der Waals surface area contributed by atoms with E-state index >= 15 is 0 Å². The fourth-order valence-electron chi connectivity index (χ4n) is 2.35. The maximum atomic E-state index is 12.5. The summed E-state index contributed by atoms with van der Waals surface area (Å²) in [7, 11) is 0. The Bertz CT molecular complexity index is 1120. The second kappa shape index (κ2) is 11.4. The standard InChI is InChI=1S/C20H22N2O11/c1-8(23)5-12(25)17(11(4)24)20(31)33-14-6-9(2)32-19(30)16(14)10(3)21-22-15(27)7-13(26)18(28)29/h5-6,13,24-26H,7H2,1-4H3,(H,22,27)(H,28,29)/b12-5?,17-11-,21-10-/t13-/m1/s1. The van der Waals surface area contributed by atoms with Crippen molar-refractivity contribution in [3.63, 3.8) is 0 Å². The Balaban J connectivity index is 3.33. The minimum atomic E-state index is -1.97. The number of hydrogen-bond donors (Lipinski definition) is 5. The number of hydrazone groups is 1. The Kier molecular flexibility index (Phi) is 9.24. The molecule has 0 aliphatic rings. The van der Waals surface area contributed by atoms with E-state index in [1.54, 1.807) is 0 Å². The largest absolute Gasteiger partial charge is 0.512 e. The Hall–Kier alpha value is -4.26. The smallest absolute Gasteiger partial charge is 0.350 e. The van der Waals surface area contributed by atoms with E-state index in [0.717, 1.165) is 19.9 Å². The number of ketones is 1. The molecule has 0 saturated heterocycles. The SMILES string of the molecule is CC(=O)C=C(O)/C(C(=O)Oc1cc(C)oc(=O)c1/C(C)=N\NC(=O)C[C@@H](O)C(=O)O)=C(\C)O. The molecule has 5 N–H and O–H groups in total. The maximum Gasteiger partial charge on any atom is 0.350 e. The van der Waals surface area contributed by atoms with Crippen LogP contribution < -0.4 is 15.8 Å². The highest BCUT2D eigenvalue weighted by Crippen LogP contribution is 2.21. The summed E-state index contributed by atoms with van der Waals surface area (Å²) in [5.41, 5.74) is -0.465. The van der Waals surface area contributed by atoms with Crippen LogP contribution in [0.4, 0.5) is 0 Å². The number of aryl methyl sites for hydroxylation is 1. The van der Waals surface area contributed by atoms with Crippen molar-refractivity contribution in [3.8, 4) is 5.75 Å². The van der Waals surface area contributed by atoms with Gasteiger partial charge >= 0.3 is 17.6 Å². The third kappa shape index (κ3) is 7.74. The van der Waals surface area contributed by atoms with E-state index in [4.69, 9.17) is 14.3 Å². The maximum absolute atomic E-state index is 12.5. The summed E-state index contributed by atoms with van der Waals surface area (Å²) in [6, 6.07) is 1.12. The first-order valence-corrected chi connectivity index (χ1v) is 9.17. The summed E-state index contributed by atoms with van der Waals surface area (Å²) in [6.45, 7) is 4.75. The quantitative estimate of drug-likeness (QED) is 0.0838. The third-order valence-corrected chi connectivity index (χ3v) is 3.78. The molecule has 0 unspecified atom stereocenters. The summed E-state index contributed by atoms with van der Waals surface area (Å²) < 4.78 is 10.1. The lowest BCUT2D eigenvalue weighted by atomic mass is 10.1. The Morgan fingerprint density at radius 1 is 1.18 bits per heavy atom. The molecule has 0 aromatic carbocycles. The number of rotatable bonds is 9. The molecule has 0 saturated carbocycles. The highest BCUT2D eigenvalue weighted by Gasteiger charge is 2.25. The van der Waals surface area contributed by atoms with Crippen molar-refractivity contribution in [2.45, 2.75) is 40.2 Å². The topological polar surface area (TPSA) is 213 Å². The molecule has 0 spiro atoms. The van der Waals surface area contributed by atoms with Crippen LogP contribution in [0.2, 0.25) is 0 Å². The predicted octanol–water partition coefficient (Wildman–Crippen LogP) is 0.392. The Labute approximate surface area is 186 Å². The number of nitrogens with zero attached hydrogens (tertiary/aromatic N) is 1. The van der Waals surface area contributed by atoms with Gasteiger partial charge in [0.2, 0.25) is 5.91 Å². The number of amides is 1. The number of aliphatic carboxylic acids is 1. The molecule has 0 bridgehead atoms. The predicted molar refractivity (Wildman–Crippen MR) is 111 cm³/mol. The highest BCUT2D eigenvalue weighted by atomic mass is 16.5. The van der Waals surface area contributed by atoms with Crippen LogP contribution in [0.5, 0.6) is 5.75 Å². The lowest BCUT2D eigenvalue weighted by molar-refractivity contribution is -0.149. The third-order valence-electron chi connectivity index (χ3n) is 3.78. The highest BCUT2D eigenvalue weighted by molar-refractivity contribution is 6.03. The Morgan fingerprint density at radius 3 is 2.30 bits per heavy atom. The van der Waals surface area contributed by atoms with Gasteiger partial charge in [0.05, 0.1) is 12.1 Å². The number of allylic oxidation sites excluding steroid dienone is 2. The van der Waals surface area contributed by atoms with E-state index in [1.165, 1.54) is 13.8 Å². The minimum absolute atomic E-state index is 0.0164. The molecule has 13 heteroatoms. The number of carboxylic acids is 1. The summed E-state index contributed by atoms with van der Waals surface area (Å²) in [5, 5.41) is 41.1. The van der Waals surface area contributed by atoms with Gasteiger partial charge in [-0.2, -0.15) is 5.10 Å². The molecule has 178 valence electrons. The van der Waals surface area contributed by atoms with Crippen molar-refractivity contribution in [2.75, 3.05) is 0 Å². The molecule has 1 heterocycles. The van der Waals surface area contributed by atoms with Gasteiger partial charge in [0.15, 0.2) is 17.6 Å². The van der Waals surface area contributed by atoms with E-state index in [1.807, 2.05) is 5.43 Å². The number of aliphatic hydroxyl groups is 3. The van der Waals surface area contributed by atoms with Crippen LogP contribution in [0.3, 0.4) is 0 Å². The van der Waals surface area contributed by atoms with Crippen LogP contribution in [0.1, 0.15) is 38.5 Å². The summed E-state index contributed by atoms with van der Waals surface area (Å²) in [4.78, 5) is 58.4. The molecular formula is C20H22N2O11. The zero-order valence-electron chi connectivity index (χ0n) is 18.0. The van der Waals surface area contributed by atoms with Gasteiger partial charge in [0, 0.05) is 12.1 Å². The first-order valence-electron chi connectivity index (χ1n) is 9.17. The fourth-order valence-corrected chi connectivity index (χ4v) is 2.35. The average molecular weight is 466 g/mol. The van der Waals surface area contributed by atoms with E-state index in [0.29, 0.717) is 6.08 Å². The normalized spacial score (nSPS) is 13.6. The molecule has 33 heavy (non-hydrogen) atoms. The van der Waals surface area contributed by atoms with Gasteiger partial charge in [-0.15, -0.1) is 0 Å². The average Bonchev–Trinajstić information content (AvgIpc) is 2.64. The second-order valence-electron chi connectivity index (χ2n) is 6.66. The number of carboxylic acid groups (broad SMARTS) is 1.